The van der Waals surface area contributed by atoms with E-state index in [9.17, 15) is 10.1 Å². The molecule has 0 fully saturated rings. The van der Waals surface area contributed by atoms with Crippen LogP contribution in [0.3, 0.4) is 0 Å². The molecule has 1 aromatic carbocycles. The molecule has 0 aliphatic heterocycles. The third-order valence-corrected chi connectivity index (χ3v) is 1.87. The van der Waals surface area contributed by atoms with Crippen molar-refractivity contribution in [2.75, 3.05) is 0 Å². The lowest BCUT2D eigenvalue weighted by atomic mass is 10.1. The molecular formula is C10H12NO2. The summed E-state index contributed by atoms with van der Waals surface area (Å²) in [6.45, 7) is 5.66. The molecule has 0 aromatic heterocycles. The monoisotopic (exact) mass is 178 g/mol. The first-order valence-electron chi connectivity index (χ1n) is 4.24. The molecule has 0 bridgehead atoms. The van der Waals surface area contributed by atoms with Gasteiger partial charge in [-0.3, -0.25) is 10.1 Å². The summed E-state index contributed by atoms with van der Waals surface area (Å²) in [6.07, 6.45) is 1.66. The molecule has 0 aliphatic carbocycles. The van der Waals surface area contributed by atoms with Crippen molar-refractivity contribution in [2.45, 2.75) is 19.8 Å². The SMILES string of the molecule is [CH2]c1ccc(CCC)c([N+](=O)[O-])c1. The van der Waals surface area contributed by atoms with Crippen molar-refractivity contribution in [1.82, 2.24) is 0 Å². The van der Waals surface area contributed by atoms with Crippen LogP contribution in [0.25, 0.3) is 0 Å². The largest absolute Gasteiger partial charge is 0.272 e. The minimum absolute atomic E-state index is 0.189. The van der Waals surface area contributed by atoms with Crippen LogP contribution in [0, 0.1) is 17.0 Å². The maximum atomic E-state index is 10.6. The maximum absolute atomic E-state index is 10.6. The highest BCUT2D eigenvalue weighted by Gasteiger charge is 2.11. The summed E-state index contributed by atoms with van der Waals surface area (Å²) < 4.78 is 0. The number of aryl methyl sites for hydroxylation is 1. The van der Waals surface area contributed by atoms with Crippen LogP contribution in [-0.4, -0.2) is 4.92 Å². The third-order valence-electron chi connectivity index (χ3n) is 1.87. The Kier molecular flexibility index (Phi) is 3.01. The first-order chi connectivity index (χ1) is 6.15. The van der Waals surface area contributed by atoms with Gasteiger partial charge in [-0.25, -0.2) is 0 Å². The Morgan fingerprint density at radius 1 is 1.54 bits per heavy atom. The molecule has 0 atom stereocenters. The Bertz CT molecular complexity index is 321. The van der Waals surface area contributed by atoms with E-state index in [4.69, 9.17) is 0 Å². The maximum Gasteiger partial charge on any atom is 0.272 e. The predicted octanol–water partition coefficient (Wildman–Crippen LogP) is 2.73. The van der Waals surface area contributed by atoms with Gasteiger partial charge in [0.05, 0.1) is 4.92 Å². The number of nitro benzene ring substituents is 1. The molecule has 0 amide bonds. The second-order valence-electron chi connectivity index (χ2n) is 2.97. The van der Waals surface area contributed by atoms with Gasteiger partial charge in [-0.1, -0.05) is 25.5 Å². The average molecular weight is 178 g/mol. The second kappa shape index (κ2) is 4.03. The van der Waals surface area contributed by atoms with Gasteiger partial charge >= 0.3 is 0 Å². The van der Waals surface area contributed by atoms with Gasteiger partial charge in [-0.15, -0.1) is 0 Å². The fraction of sp³-hybridized carbons (Fsp3) is 0.300. The Balaban J connectivity index is 3.10. The molecule has 3 nitrogen and oxygen atoms in total. The van der Waals surface area contributed by atoms with E-state index in [2.05, 4.69) is 6.92 Å². The van der Waals surface area contributed by atoms with E-state index in [1.54, 1.807) is 12.1 Å². The molecule has 1 aromatic rings. The lowest BCUT2D eigenvalue weighted by Gasteiger charge is -2.01. The fourth-order valence-corrected chi connectivity index (χ4v) is 1.26. The summed E-state index contributed by atoms with van der Waals surface area (Å²) in [4.78, 5) is 10.3. The van der Waals surface area contributed by atoms with Crippen molar-refractivity contribution in [3.05, 3.63) is 46.4 Å². The van der Waals surface area contributed by atoms with Gasteiger partial charge in [0.1, 0.15) is 0 Å². The summed E-state index contributed by atoms with van der Waals surface area (Å²) in [5.41, 5.74) is 1.67. The highest BCUT2D eigenvalue weighted by atomic mass is 16.6. The minimum Gasteiger partial charge on any atom is -0.258 e. The van der Waals surface area contributed by atoms with E-state index < -0.39 is 0 Å². The van der Waals surface area contributed by atoms with Gasteiger partial charge in [0.25, 0.3) is 5.69 Å². The standard InChI is InChI=1S/C10H12NO2/c1-3-4-9-6-5-8(2)7-10(9)11(12)13/h5-7H,2-4H2,1H3. The van der Waals surface area contributed by atoms with Gasteiger partial charge in [-0.05, 0) is 18.9 Å². The van der Waals surface area contributed by atoms with E-state index >= 15 is 0 Å². The Morgan fingerprint density at radius 2 is 2.23 bits per heavy atom. The number of benzene rings is 1. The zero-order valence-electron chi connectivity index (χ0n) is 7.62. The van der Waals surface area contributed by atoms with Crippen molar-refractivity contribution in [3.8, 4) is 0 Å². The van der Waals surface area contributed by atoms with Crippen LogP contribution in [0.5, 0.6) is 0 Å². The molecule has 0 N–H and O–H groups in total. The normalized spacial score (nSPS) is 10.0. The highest BCUT2D eigenvalue weighted by Crippen LogP contribution is 2.21. The Hall–Kier alpha value is -1.38. The van der Waals surface area contributed by atoms with Crippen LogP contribution >= 0.6 is 0 Å². The summed E-state index contributed by atoms with van der Waals surface area (Å²) in [5, 5.41) is 10.6. The molecule has 3 heteroatoms. The molecule has 0 aliphatic rings. The molecule has 69 valence electrons. The number of nitro groups is 1. The summed E-state index contributed by atoms with van der Waals surface area (Å²) in [6, 6.07) is 5.10. The topological polar surface area (TPSA) is 43.1 Å². The van der Waals surface area contributed by atoms with Crippen molar-refractivity contribution in [2.24, 2.45) is 0 Å². The smallest absolute Gasteiger partial charge is 0.258 e. The summed E-state index contributed by atoms with van der Waals surface area (Å²) >= 11 is 0. The van der Waals surface area contributed by atoms with Gasteiger partial charge in [0, 0.05) is 11.6 Å². The van der Waals surface area contributed by atoms with Crippen LogP contribution in [0.15, 0.2) is 18.2 Å². The molecule has 1 radical (unpaired) electrons. The highest BCUT2D eigenvalue weighted by molar-refractivity contribution is 5.44. The van der Waals surface area contributed by atoms with E-state index in [0.29, 0.717) is 5.56 Å². The van der Waals surface area contributed by atoms with Crippen LogP contribution in [0.4, 0.5) is 5.69 Å². The number of hydrogen-bond acceptors (Lipinski definition) is 2. The van der Waals surface area contributed by atoms with Gasteiger partial charge in [0.2, 0.25) is 0 Å². The summed E-state index contributed by atoms with van der Waals surface area (Å²) in [7, 11) is 0. The first-order valence-corrected chi connectivity index (χ1v) is 4.24. The number of nitrogens with zero attached hydrogens (tertiary/aromatic N) is 1. The Morgan fingerprint density at radius 3 is 2.77 bits per heavy atom. The first kappa shape index (κ1) is 9.71. The number of rotatable bonds is 3. The minimum atomic E-state index is -0.348. The van der Waals surface area contributed by atoms with Crippen molar-refractivity contribution in [3.63, 3.8) is 0 Å². The molecule has 0 spiro atoms. The van der Waals surface area contributed by atoms with Gasteiger partial charge in [-0.2, -0.15) is 0 Å². The average Bonchev–Trinajstić information content (AvgIpc) is 2.08. The lowest BCUT2D eigenvalue weighted by molar-refractivity contribution is -0.385. The molecule has 0 saturated carbocycles. The van der Waals surface area contributed by atoms with Gasteiger partial charge in [0.15, 0.2) is 0 Å². The van der Waals surface area contributed by atoms with E-state index in [1.165, 1.54) is 6.07 Å². The molecule has 0 heterocycles. The molecule has 13 heavy (non-hydrogen) atoms. The van der Waals surface area contributed by atoms with Crippen LogP contribution in [0.2, 0.25) is 0 Å². The van der Waals surface area contributed by atoms with E-state index in [-0.39, 0.29) is 10.6 Å². The Labute approximate surface area is 77.5 Å². The number of hydrogen-bond donors (Lipinski definition) is 0. The zero-order valence-corrected chi connectivity index (χ0v) is 7.62. The van der Waals surface area contributed by atoms with Crippen molar-refractivity contribution >= 4 is 5.69 Å². The zero-order chi connectivity index (χ0) is 9.84. The molecule has 0 saturated heterocycles. The molecular weight excluding hydrogens is 166 g/mol. The fourth-order valence-electron chi connectivity index (χ4n) is 1.26. The van der Waals surface area contributed by atoms with E-state index in [0.717, 1.165) is 18.4 Å². The molecule has 0 unspecified atom stereocenters. The molecule has 1 rings (SSSR count). The third kappa shape index (κ3) is 2.28. The lowest BCUT2D eigenvalue weighted by Crippen LogP contribution is -1.95. The predicted molar refractivity (Wildman–Crippen MR) is 51.6 cm³/mol. The van der Waals surface area contributed by atoms with Crippen LogP contribution in [-0.2, 0) is 6.42 Å². The quantitative estimate of drug-likeness (QED) is 0.527. The van der Waals surface area contributed by atoms with Crippen molar-refractivity contribution < 1.29 is 4.92 Å². The second-order valence-corrected chi connectivity index (χ2v) is 2.97. The van der Waals surface area contributed by atoms with Crippen molar-refractivity contribution in [1.29, 1.82) is 0 Å². The van der Waals surface area contributed by atoms with Gasteiger partial charge < -0.3 is 0 Å². The van der Waals surface area contributed by atoms with Crippen LogP contribution < -0.4 is 0 Å². The van der Waals surface area contributed by atoms with Crippen LogP contribution in [0.1, 0.15) is 24.5 Å². The van der Waals surface area contributed by atoms with E-state index in [1.807, 2.05) is 6.92 Å². The summed E-state index contributed by atoms with van der Waals surface area (Å²) in [5.74, 6) is 0.